The minimum Gasteiger partial charge on any atom is -0.506 e. The molecule has 1 unspecified atom stereocenters. The highest BCUT2D eigenvalue weighted by Gasteiger charge is 2.18. The summed E-state index contributed by atoms with van der Waals surface area (Å²) in [5.74, 6) is 0.416. The van der Waals surface area contributed by atoms with Gasteiger partial charge in [0.15, 0.2) is 0 Å². The minimum atomic E-state index is -1.13. The molecule has 1 heterocycles. The molecule has 2 amide bonds. The summed E-state index contributed by atoms with van der Waals surface area (Å²) < 4.78 is 6.07. The molecule has 5 rings (SSSR count). The van der Waals surface area contributed by atoms with Gasteiger partial charge in [0.05, 0.1) is 17.7 Å². The van der Waals surface area contributed by atoms with Crippen molar-refractivity contribution in [2.75, 3.05) is 26.2 Å². The zero-order chi connectivity index (χ0) is 34.8. The van der Waals surface area contributed by atoms with Crippen LogP contribution in [0.25, 0.3) is 10.9 Å². The molecule has 0 aliphatic carbocycles. The minimum absolute atomic E-state index is 0.0614. The molecule has 254 valence electrons. The van der Waals surface area contributed by atoms with E-state index >= 15 is 0 Å². The Balaban J connectivity index is 1.13. The van der Waals surface area contributed by atoms with Crippen LogP contribution in [0, 0.1) is 0 Å². The van der Waals surface area contributed by atoms with Gasteiger partial charge in [-0.15, -0.1) is 0 Å². The van der Waals surface area contributed by atoms with Crippen LogP contribution in [0.4, 0.5) is 4.79 Å². The molecule has 5 aromatic rings. The number of carbonyl (C=O) groups excluding carboxylic acids is 1. The van der Waals surface area contributed by atoms with Crippen LogP contribution in [-0.2, 0) is 6.61 Å². The number of aromatic hydroxyl groups is 1. The number of aliphatic hydroxyl groups excluding tert-OH is 1. The highest BCUT2D eigenvalue weighted by atomic mass is 16.5. The van der Waals surface area contributed by atoms with Gasteiger partial charge in [-0.05, 0) is 78.5 Å². The van der Waals surface area contributed by atoms with Gasteiger partial charge in [-0.2, -0.15) is 0 Å². The fourth-order valence-electron chi connectivity index (χ4n) is 5.75. The number of H-pyrrole nitrogens is 1. The summed E-state index contributed by atoms with van der Waals surface area (Å²) in [5, 5.41) is 36.7. The van der Waals surface area contributed by atoms with Crippen molar-refractivity contribution in [3.63, 3.8) is 0 Å². The van der Waals surface area contributed by atoms with Gasteiger partial charge in [-0.3, -0.25) is 9.59 Å². The molecule has 2 atom stereocenters. The van der Waals surface area contributed by atoms with Gasteiger partial charge in [-0.25, -0.2) is 4.79 Å². The van der Waals surface area contributed by atoms with E-state index in [2.05, 4.69) is 15.6 Å². The summed E-state index contributed by atoms with van der Waals surface area (Å²) in [6.07, 6.45) is -1.33. The average Bonchev–Trinajstić information content (AvgIpc) is 3.12. The number of ether oxygens (including phenoxy) is 1. The maximum Gasteiger partial charge on any atom is 0.405 e. The number of nitrogens with zero attached hydrogens (tertiary/aromatic N) is 1. The number of amides is 2. The molecule has 1 aromatic heterocycles. The molecule has 0 saturated heterocycles. The Hall–Kier alpha value is -5.65. The van der Waals surface area contributed by atoms with Crippen molar-refractivity contribution in [2.45, 2.75) is 32.1 Å². The molecule has 0 aliphatic heterocycles. The van der Waals surface area contributed by atoms with E-state index in [-0.39, 0.29) is 35.9 Å². The smallest absolute Gasteiger partial charge is 0.405 e. The molecule has 11 nitrogen and oxygen atoms in total. The Bertz CT molecular complexity index is 1950. The number of fused-ring (bicyclic) bond motifs is 1. The first-order valence-corrected chi connectivity index (χ1v) is 16.1. The quantitative estimate of drug-likeness (QED) is 0.0817. The number of carbonyl (C=O) groups is 2. The van der Waals surface area contributed by atoms with E-state index in [0.29, 0.717) is 48.3 Å². The van der Waals surface area contributed by atoms with E-state index < -0.39 is 18.2 Å². The number of carboxylic acid groups (broad SMARTS) is 1. The Labute approximate surface area is 283 Å². The first-order chi connectivity index (χ1) is 23.7. The molecule has 0 spiro atoms. The monoisotopic (exact) mass is 664 g/mol. The first kappa shape index (κ1) is 34.7. The molecule has 0 saturated carbocycles. The second kappa shape index (κ2) is 16.4. The second-order valence-electron chi connectivity index (χ2n) is 11.6. The number of aromatic nitrogens is 1. The van der Waals surface area contributed by atoms with Crippen molar-refractivity contribution in [2.24, 2.45) is 0 Å². The maximum atomic E-state index is 13.4. The van der Waals surface area contributed by atoms with Crippen LogP contribution in [0.5, 0.6) is 11.5 Å². The predicted octanol–water partition coefficient (Wildman–Crippen LogP) is 5.35. The van der Waals surface area contributed by atoms with E-state index in [0.717, 1.165) is 16.7 Å². The molecular formula is C38H40N4O7. The van der Waals surface area contributed by atoms with Crippen LogP contribution in [-0.4, -0.2) is 63.4 Å². The third kappa shape index (κ3) is 9.04. The number of phenols is 1. The van der Waals surface area contributed by atoms with Crippen LogP contribution in [0.2, 0.25) is 0 Å². The number of hydrogen-bond donors (Lipinski definition) is 6. The molecule has 49 heavy (non-hydrogen) atoms. The lowest BCUT2D eigenvalue weighted by Crippen LogP contribution is -2.34. The van der Waals surface area contributed by atoms with Crippen LogP contribution in [0.3, 0.4) is 0 Å². The predicted molar refractivity (Wildman–Crippen MR) is 187 cm³/mol. The lowest BCUT2D eigenvalue weighted by molar-refractivity contribution is 0.0761. The van der Waals surface area contributed by atoms with Crippen molar-refractivity contribution < 1.29 is 29.6 Å². The summed E-state index contributed by atoms with van der Waals surface area (Å²) in [5.41, 5.74) is 3.45. The lowest BCUT2D eigenvalue weighted by atomic mass is 9.98. The van der Waals surface area contributed by atoms with Crippen molar-refractivity contribution in [1.29, 1.82) is 0 Å². The zero-order valence-electron chi connectivity index (χ0n) is 27.1. The Morgan fingerprint density at radius 2 is 1.69 bits per heavy atom. The topological polar surface area (TPSA) is 164 Å². The summed E-state index contributed by atoms with van der Waals surface area (Å²) >= 11 is 0. The van der Waals surface area contributed by atoms with Gasteiger partial charge in [0, 0.05) is 36.7 Å². The normalized spacial score (nSPS) is 12.3. The number of pyridine rings is 1. The Morgan fingerprint density at radius 3 is 2.47 bits per heavy atom. The van der Waals surface area contributed by atoms with E-state index in [9.17, 15) is 29.7 Å². The second-order valence-corrected chi connectivity index (χ2v) is 11.6. The molecule has 0 radical (unpaired) electrons. The van der Waals surface area contributed by atoms with Crippen LogP contribution in [0.15, 0.2) is 108 Å². The van der Waals surface area contributed by atoms with Gasteiger partial charge in [0.2, 0.25) is 5.56 Å². The molecule has 0 bridgehead atoms. The highest BCUT2D eigenvalue weighted by Crippen LogP contribution is 2.29. The number of phenolic OH excluding ortho intramolecular Hbond substituents is 1. The molecule has 0 aliphatic rings. The molecule has 0 fully saturated rings. The summed E-state index contributed by atoms with van der Waals surface area (Å²) in [4.78, 5) is 41.0. The highest BCUT2D eigenvalue weighted by molar-refractivity contribution is 5.94. The standard InChI is InChI=1S/C38H40N4O7/c1-2-42(20-8-19-39-23-33(44)30-15-17-32(43)36-31(30)16-18-34(45)40-36)37(46)28-13-6-9-25(21-28)24-49-29-14-7-12-27(22-29)35(41-38(47)48)26-10-4-3-5-11-26/h3-7,9-18,21-22,33,35,39,41,43-44H,2,8,19-20,23-24H2,1H3,(H,40,45)(H,47,48)/t33?,35-/m0/s1. The van der Waals surface area contributed by atoms with E-state index in [1.54, 1.807) is 23.1 Å². The van der Waals surface area contributed by atoms with E-state index in [4.69, 9.17) is 4.74 Å². The first-order valence-electron chi connectivity index (χ1n) is 16.1. The fourth-order valence-corrected chi connectivity index (χ4v) is 5.75. The number of hydrogen-bond acceptors (Lipinski definition) is 7. The summed E-state index contributed by atoms with van der Waals surface area (Å²) in [6.45, 7) is 4.01. The van der Waals surface area contributed by atoms with Crippen LogP contribution >= 0.6 is 0 Å². The van der Waals surface area contributed by atoms with Crippen molar-refractivity contribution >= 4 is 22.9 Å². The molecule has 4 aromatic carbocycles. The van der Waals surface area contributed by atoms with Gasteiger partial charge >= 0.3 is 6.09 Å². The van der Waals surface area contributed by atoms with E-state index in [1.165, 1.54) is 12.1 Å². The Kier molecular flexibility index (Phi) is 11.6. The molecule has 11 heteroatoms. The third-order valence-corrected chi connectivity index (χ3v) is 8.23. The molecule has 6 N–H and O–H groups in total. The Morgan fingerprint density at radius 1 is 0.918 bits per heavy atom. The number of aliphatic hydroxyl groups is 1. The maximum absolute atomic E-state index is 13.4. The number of rotatable bonds is 15. The van der Waals surface area contributed by atoms with Crippen molar-refractivity contribution in [3.05, 3.63) is 141 Å². The van der Waals surface area contributed by atoms with Gasteiger partial charge in [0.25, 0.3) is 5.91 Å². The van der Waals surface area contributed by atoms with Gasteiger partial charge in [0.1, 0.15) is 18.1 Å². The number of benzene rings is 4. The fraction of sp³-hybridized carbons (Fsp3) is 0.237. The number of nitrogens with one attached hydrogen (secondary N) is 3. The molecular weight excluding hydrogens is 624 g/mol. The average molecular weight is 665 g/mol. The number of aromatic amines is 1. The van der Waals surface area contributed by atoms with Crippen LogP contribution in [0.1, 0.15) is 58.1 Å². The zero-order valence-corrected chi connectivity index (χ0v) is 27.1. The van der Waals surface area contributed by atoms with Gasteiger partial charge in [-0.1, -0.05) is 60.7 Å². The third-order valence-electron chi connectivity index (χ3n) is 8.23. The van der Waals surface area contributed by atoms with Crippen LogP contribution < -0.4 is 20.9 Å². The largest absolute Gasteiger partial charge is 0.506 e. The lowest BCUT2D eigenvalue weighted by Gasteiger charge is -2.22. The van der Waals surface area contributed by atoms with Crippen molar-refractivity contribution in [1.82, 2.24) is 20.5 Å². The summed E-state index contributed by atoms with van der Waals surface area (Å²) in [6, 6.07) is 29.4. The van der Waals surface area contributed by atoms with E-state index in [1.807, 2.05) is 79.7 Å². The van der Waals surface area contributed by atoms with Gasteiger partial charge < -0.3 is 40.6 Å². The summed E-state index contributed by atoms with van der Waals surface area (Å²) in [7, 11) is 0. The van der Waals surface area contributed by atoms with Crippen molar-refractivity contribution in [3.8, 4) is 11.5 Å². The SMILES string of the molecule is CCN(CCCNCC(O)c1ccc(O)c2[nH]c(=O)ccc12)C(=O)c1cccc(COc2cccc([C@@H](NC(=O)O)c3ccccc3)c2)c1.